The second kappa shape index (κ2) is 5.83. The Balaban J connectivity index is 2.61. The molecule has 0 fully saturated rings. The molecule has 0 radical (unpaired) electrons. The van der Waals surface area contributed by atoms with Crippen molar-refractivity contribution < 1.29 is 4.39 Å². The second-order valence-electron chi connectivity index (χ2n) is 3.93. The molecule has 18 heavy (non-hydrogen) atoms. The van der Waals surface area contributed by atoms with Gasteiger partial charge in [-0.1, -0.05) is 29.8 Å². The van der Waals surface area contributed by atoms with E-state index in [0.29, 0.717) is 21.6 Å². The summed E-state index contributed by atoms with van der Waals surface area (Å²) < 4.78 is 14.6. The van der Waals surface area contributed by atoms with Gasteiger partial charge in [0.25, 0.3) is 0 Å². The molecule has 2 rings (SSSR count). The third-order valence-electron chi connectivity index (χ3n) is 2.68. The number of halogens is 3. The van der Waals surface area contributed by atoms with Crippen molar-refractivity contribution in [3.63, 3.8) is 0 Å². The molecule has 1 nitrogen and oxygen atoms in total. The molecule has 0 saturated carbocycles. The van der Waals surface area contributed by atoms with Gasteiger partial charge in [0.15, 0.2) is 0 Å². The van der Waals surface area contributed by atoms with E-state index >= 15 is 0 Å². The summed E-state index contributed by atoms with van der Waals surface area (Å²) in [7, 11) is 1.86. The molecule has 0 aliphatic heterocycles. The molecule has 4 heteroatoms. The fourth-order valence-corrected chi connectivity index (χ4v) is 2.39. The summed E-state index contributed by atoms with van der Waals surface area (Å²) in [5, 5.41) is 3.67. The van der Waals surface area contributed by atoms with Gasteiger partial charge in [0.2, 0.25) is 0 Å². The lowest BCUT2D eigenvalue weighted by Crippen LogP contribution is -2.06. The normalized spacial score (nSPS) is 10.7. The molecule has 0 heterocycles. The molecule has 2 aromatic carbocycles. The quantitative estimate of drug-likeness (QED) is 0.866. The Morgan fingerprint density at radius 2 is 2.00 bits per heavy atom. The van der Waals surface area contributed by atoms with E-state index in [2.05, 4.69) is 21.2 Å². The fraction of sp³-hybridized carbons (Fsp3) is 0.143. The van der Waals surface area contributed by atoms with Crippen molar-refractivity contribution >= 4 is 27.5 Å². The fourth-order valence-electron chi connectivity index (χ4n) is 1.86. The van der Waals surface area contributed by atoms with Gasteiger partial charge in [-0.2, -0.15) is 0 Å². The predicted octanol–water partition coefficient (Wildman–Crippen LogP) is 4.63. The van der Waals surface area contributed by atoms with Crippen molar-refractivity contribution in [1.29, 1.82) is 0 Å². The Labute approximate surface area is 119 Å². The number of benzene rings is 2. The van der Waals surface area contributed by atoms with Crippen LogP contribution >= 0.6 is 27.5 Å². The SMILES string of the molecule is CNCc1ccc(Cl)cc1-c1cccc(Br)c1F. The maximum absolute atomic E-state index is 14.1. The zero-order valence-electron chi connectivity index (χ0n) is 9.81. The monoisotopic (exact) mass is 327 g/mol. The van der Waals surface area contributed by atoms with Crippen LogP contribution in [0.25, 0.3) is 11.1 Å². The van der Waals surface area contributed by atoms with E-state index in [4.69, 9.17) is 11.6 Å². The van der Waals surface area contributed by atoms with E-state index in [-0.39, 0.29) is 5.82 Å². The van der Waals surface area contributed by atoms with E-state index in [1.807, 2.05) is 25.2 Å². The van der Waals surface area contributed by atoms with Crippen molar-refractivity contribution in [2.75, 3.05) is 7.05 Å². The van der Waals surface area contributed by atoms with E-state index in [1.165, 1.54) is 0 Å². The molecule has 0 aromatic heterocycles. The molecule has 0 saturated heterocycles. The van der Waals surface area contributed by atoms with Crippen molar-refractivity contribution in [2.24, 2.45) is 0 Å². The zero-order chi connectivity index (χ0) is 13.1. The van der Waals surface area contributed by atoms with Gasteiger partial charge in [0.05, 0.1) is 4.47 Å². The highest BCUT2D eigenvalue weighted by molar-refractivity contribution is 9.10. The van der Waals surface area contributed by atoms with Crippen molar-refractivity contribution in [3.05, 3.63) is 57.3 Å². The molecule has 0 amide bonds. The van der Waals surface area contributed by atoms with E-state index < -0.39 is 0 Å². The van der Waals surface area contributed by atoms with Crippen LogP contribution in [0.1, 0.15) is 5.56 Å². The lowest BCUT2D eigenvalue weighted by atomic mass is 9.99. The first-order valence-electron chi connectivity index (χ1n) is 5.51. The Kier molecular flexibility index (Phi) is 4.38. The highest BCUT2D eigenvalue weighted by Crippen LogP contribution is 2.32. The first-order valence-corrected chi connectivity index (χ1v) is 6.68. The van der Waals surface area contributed by atoms with Gasteiger partial charge in [-0.15, -0.1) is 0 Å². The predicted molar refractivity (Wildman–Crippen MR) is 77.3 cm³/mol. The number of hydrogen-bond acceptors (Lipinski definition) is 1. The molecular weight excluding hydrogens is 317 g/mol. The Morgan fingerprint density at radius 1 is 1.22 bits per heavy atom. The highest BCUT2D eigenvalue weighted by atomic mass is 79.9. The van der Waals surface area contributed by atoms with Crippen molar-refractivity contribution in [1.82, 2.24) is 5.32 Å². The van der Waals surface area contributed by atoms with E-state index in [9.17, 15) is 4.39 Å². The minimum absolute atomic E-state index is 0.267. The Morgan fingerprint density at radius 3 is 2.72 bits per heavy atom. The average Bonchev–Trinajstić information content (AvgIpc) is 2.35. The Bertz CT molecular complexity index is 572. The summed E-state index contributed by atoms with van der Waals surface area (Å²) >= 11 is 9.21. The summed E-state index contributed by atoms with van der Waals surface area (Å²) in [5.41, 5.74) is 2.38. The van der Waals surface area contributed by atoms with Crippen LogP contribution in [0.5, 0.6) is 0 Å². The van der Waals surface area contributed by atoms with Gasteiger partial charge < -0.3 is 5.32 Å². The van der Waals surface area contributed by atoms with Crippen LogP contribution in [-0.4, -0.2) is 7.05 Å². The second-order valence-corrected chi connectivity index (χ2v) is 5.22. The molecule has 0 aliphatic carbocycles. The van der Waals surface area contributed by atoms with E-state index in [1.54, 1.807) is 18.2 Å². The molecule has 0 bridgehead atoms. The lowest BCUT2D eigenvalue weighted by Gasteiger charge is -2.11. The van der Waals surface area contributed by atoms with E-state index in [0.717, 1.165) is 11.1 Å². The van der Waals surface area contributed by atoms with Gasteiger partial charge in [-0.25, -0.2) is 4.39 Å². The van der Waals surface area contributed by atoms with Crippen LogP contribution in [0.15, 0.2) is 40.9 Å². The number of nitrogens with one attached hydrogen (secondary N) is 1. The topological polar surface area (TPSA) is 12.0 Å². The Hall–Kier alpha value is -0.900. The lowest BCUT2D eigenvalue weighted by molar-refractivity contribution is 0.624. The molecular formula is C14H12BrClFN. The highest BCUT2D eigenvalue weighted by Gasteiger charge is 2.12. The summed E-state index contributed by atoms with van der Waals surface area (Å²) in [4.78, 5) is 0. The third-order valence-corrected chi connectivity index (χ3v) is 3.53. The minimum atomic E-state index is -0.267. The number of hydrogen-bond donors (Lipinski definition) is 1. The number of rotatable bonds is 3. The van der Waals surface area contributed by atoms with Crippen LogP contribution in [0.2, 0.25) is 5.02 Å². The smallest absolute Gasteiger partial charge is 0.145 e. The maximum Gasteiger partial charge on any atom is 0.145 e. The summed E-state index contributed by atoms with van der Waals surface area (Å²) in [6, 6.07) is 10.8. The van der Waals surface area contributed by atoms with Crippen LogP contribution < -0.4 is 5.32 Å². The summed E-state index contributed by atoms with van der Waals surface area (Å²) in [5.74, 6) is -0.267. The summed E-state index contributed by atoms with van der Waals surface area (Å²) in [6.07, 6.45) is 0. The van der Waals surface area contributed by atoms with Gasteiger partial charge >= 0.3 is 0 Å². The molecule has 1 N–H and O–H groups in total. The molecule has 0 atom stereocenters. The van der Waals surface area contributed by atoms with Gasteiger partial charge in [0.1, 0.15) is 5.82 Å². The molecule has 0 unspecified atom stereocenters. The minimum Gasteiger partial charge on any atom is -0.316 e. The average molecular weight is 329 g/mol. The van der Waals surface area contributed by atoms with Crippen LogP contribution in [-0.2, 0) is 6.54 Å². The molecule has 2 aromatic rings. The third kappa shape index (κ3) is 2.74. The van der Waals surface area contributed by atoms with Gasteiger partial charge in [0, 0.05) is 17.1 Å². The standard InChI is InChI=1S/C14H12BrClFN/c1-18-8-9-5-6-10(16)7-12(9)11-3-2-4-13(15)14(11)17/h2-7,18H,8H2,1H3. The zero-order valence-corrected chi connectivity index (χ0v) is 12.1. The van der Waals surface area contributed by atoms with Crippen molar-refractivity contribution in [3.8, 4) is 11.1 Å². The first kappa shape index (κ1) is 13.5. The van der Waals surface area contributed by atoms with Crippen LogP contribution in [0, 0.1) is 5.82 Å². The van der Waals surface area contributed by atoms with Gasteiger partial charge in [-0.3, -0.25) is 0 Å². The largest absolute Gasteiger partial charge is 0.316 e. The molecule has 0 aliphatic rings. The van der Waals surface area contributed by atoms with Crippen LogP contribution in [0.4, 0.5) is 4.39 Å². The molecule has 94 valence electrons. The van der Waals surface area contributed by atoms with Crippen LogP contribution in [0.3, 0.4) is 0 Å². The molecule has 0 spiro atoms. The summed E-state index contributed by atoms with van der Waals surface area (Å²) in [6.45, 7) is 0.665. The van der Waals surface area contributed by atoms with Gasteiger partial charge in [-0.05, 0) is 52.3 Å². The van der Waals surface area contributed by atoms with Crippen molar-refractivity contribution in [2.45, 2.75) is 6.54 Å². The first-order chi connectivity index (χ1) is 8.63. The maximum atomic E-state index is 14.1.